The summed E-state index contributed by atoms with van der Waals surface area (Å²) in [6.07, 6.45) is 1.05. The highest BCUT2D eigenvalue weighted by molar-refractivity contribution is 5.28. The Balaban J connectivity index is 2.23. The van der Waals surface area contributed by atoms with Gasteiger partial charge in [-0.05, 0) is 18.3 Å². The predicted octanol–water partition coefficient (Wildman–Crippen LogP) is 2.42. The molecular weight excluding hydrogens is 134 g/mol. The topological polar surface area (TPSA) is 3.01 Å². The molecule has 0 aliphatic carbocycles. The average Bonchev–Trinajstić information content (AvgIpc) is 2.67. The van der Waals surface area contributed by atoms with Gasteiger partial charge in [0.2, 0.25) is 0 Å². The average molecular weight is 149 g/mol. The monoisotopic (exact) mass is 149 g/mol. The number of hydrogen-bond acceptors (Lipinski definition) is 1. The molecule has 0 spiro atoms. The summed E-state index contributed by atoms with van der Waals surface area (Å²) in [5.74, 6) is 1.43. The van der Waals surface area contributed by atoms with E-state index in [1.807, 2.05) is 4.90 Å². The van der Waals surface area contributed by atoms with E-state index >= 15 is 0 Å². The van der Waals surface area contributed by atoms with Crippen molar-refractivity contribution in [3.8, 4) is 12.1 Å². The highest BCUT2D eigenvalue weighted by Crippen LogP contribution is 2.21. The van der Waals surface area contributed by atoms with Crippen molar-refractivity contribution >= 4 is 0 Å². The summed E-state index contributed by atoms with van der Waals surface area (Å²) in [4.78, 5) is 1.85. The van der Waals surface area contributed by atoms with E-state index < -0.39 is 0 Å². The summed E-state index contributed by atoms with van der Waals surface area (Å²) in [6, 6.07) is 5.72. The van der Waals surface area contributed by atoms with Crippen molar-refractivity contribution in [3.05, 3.63) is 12.3 Å². The Kier molecular flexibility index (Phi) is 2.24. The molecule has 0 amide bonds. The molecule has 0 fully saturated rings. The van der Waals surface area contributed by atoms with Gasteiger partial charge in [-0.25, -0.2) is 4.90 Å². The lowest BCUT2D eigenvalue weighted by molar-refractivity contribution is 0.401. The molecule has 0 N–H and O–H groups in total. The molecule has 0 saturated heterocycles. The maximum Gasteiger partial charge on any atom is 0.0497 e. The maximum absolute atomic E-state index is 3.94. The molecule has 0 aromatic rings. The van der Waals surface area contributed by atoms with Gasteiger partial charge in [0.05, 0.1) is 0 Å². The Labute approximate surface area is 69.1 Å². The molecule has 1 heteroatoms. The van der Waals surface area contributed by atoms with Crippen LogP contribution in [0, 0.1) is 23.9 Å². The SMILES string of the molecule is C=C(CC(C)C(C)C)N1C#C1. The molecule has 1 nitrogen and oxygen atoms in total. The van der Waals surface area contributed by atoms with Gasteiger partial charge in [-0.1, -0.05) is 27.4 Å². The molecule has 0 aromatic heterocycles. The molecule has 0 bridgehead atoms. The van der Waals surface area contributed by atoms with Crippen molar-refractivity contribution in [2.24, 2.45) is 11.8 Å². The number of nitrogens with zero attached hydrogens (tertiary/aromatic N) is 1. The smallest absolute Gasteiger partial charge is 0.0497 e. The zero-order valence-corrected chi connectivity index (χ0v) is 7.52. The summed E-state index contributed by atoms with van der Waals surface area (Å²) in [6.45, 7) is 10.7. The van der Waals surface area contributed by atoms with Crippen LogP contribution >= 0.6 is 0 Å². The van der Waals surface area contributed by atoms with Gasteiger partial charge in [-0.15, -0.1) is 0 Å². The van der Waals surface area contributed by atoms with Gasteiger partial charge < -0.3 is 0 Å². The normalized spacial score (nSPS) is 15.8. The summed E-state index contributed by atoms with van der Waals surface area (Å²) in [5.41, 5.74) is 1.12. The van der Waals surface area contributed by atoms with Crippen molar-refractivity contribution in [3.63, 3.8) is 0 Å². The fourth-order valence-electron chi connectivity index (χ4n) is 0.882. The molecule has 1 aliphatic heterocycles. The number of allylic oxidation sites excluding steroid dienone is 1. The van der Waals surface area contributed by atoms with Gasteiger partial charge in [0.15, 0.2) is 0 Å². The lowest BCUT2D eigenvalue weighted by atomic mass is 9.93. The van der Waals surface area contributed by atoms with Gasteiger partial charge in [0, 0.05) is 17.8 Å². The summed E-state index contributed by atoms with van der Waals surface area (Å²) in [7, 11) is 0. The standard InChI is InChI=1S/C10H15N/c1-8(2)9(3)7-10(4)11-5-6-11/h8-9H,4,7H2,1-3H3. The van der Waals surface area contributed by atoms with Crippen LogP contribution in [0.25, 0.3) is 0 Å². The first-order valence-corrected chi connectivity index (χ1v) is 4.10. The van der Waals surface area contributed by atoms with Gasteiger partial charge in [-0.2, -0.15) is 0 Å². The number of hydrogen-bond donors (Lipinski definition) is 0. The van der Waals surface area contributed by atoms with Crippen LogP contribution in [0.2, 0.25) is 0 Å². The molecule has 0 aromatic carbocycles. The minimum atomic E-state index is 0.701. The first kappa shape index (κ1) is 8.20. The Morgan fingerprint density at radius 2 is 1.91 bits per heavy atom. The minimum Gasteiger partial charge on any atom is -0.229 e. The van der Waals surface area contributed by atoms with Crippen molar-refractivity contribution in [2.75, 3.05) is 0 Å². The number of rotatable bonds is 4. The van der Waals surface area contributed by atoms with E-state index in [0.717, 1.165) is 18.0 Å². The Bertz CT molecular complexity index is 209. The van der Waals surface area contributed by atoms with Crippen LogP contribution in [0.4, 0.5) is 0 Å². The second-order valence-electron chi connectivity index (χ2n) is 3.55. The molecule has 60 valence electrons. The molecule has 1 heterocycles. The molecule has 0 saturated carbocycles. The van der Waals surface area contributed by atoms with Crippen LogP contribution in [0.1, 0.15) is 27.2 Å². The van der Waals surface area contributed by atoms with Crippen LogP contribution in [-0.4, -0.2) is 4.90 Å². The fourth-order valence-corrected chi connectivity index (χ4v) is 0.882. The second-order valence-corrected chi connectivity index (χ2v) is 3.55. The lowest BCUT2D eigenvalue weighted by Gasteiger charge is -2.16. The maximum atomic E-state index is 3.94. The van der Waals surface area contributed by atoms with E-state index in [1.165, 1.54) is 0 Å². The van der Waals surface area contributed by atoms with Crippen LogP contribution in [-0.2, 0) is 0 Å². The summed E-state index contributed by atoms with van der Waals surface area (Å²) in [5, 5.41) is 0. The van der Waals surface area contributed by atoms with Crippen LogP contribution in [0.15, 0.2) is 12.3 Å². The van der Waals surface area contributed by atoms with E-state index in [-0.39, 0.29) is 0 Å². The van der Waals surface area contributed by atoms with E-state index in [9.17, 15) is 0 Å². The Morgan fingerprint density at radius 1 is 1.36 bits per heavy atom. The molecule has 1 atom stereocenters. The summed E-state index contributed by atoms with van der Waals surface area (Å²) >= 11 is 0. The second kappa shape index (κ2) is 3.00. The molecular formula is C10H15N. The Hall–Kier alpha value is -0.900. The van der Waals surface area contributed by atoms with E-state index in [2.05, 4.69) is 39.4 Å². The third kappa shape index (κ3) is 2.31. The minimum absolute atomic E-state index is 0.701. The van der Waals surface area contributed by atoms with Crippen molar-refractivity contribution < 1.29 is 0 Å². The fraction of sp³-hybridized carbons (Fsp3) is 0.600. The van der Waals surface area contributed by atoms with Crippen molar-refractivity contribution in [2.45, 2.75) is 27.2 Å². The largest absolute Gasteiger partial charge is 0.229 e. The van der Waals surface area contributed by atoms with E-state index in [1.54, 1.807) is 0 Å². The first-order valence-electron chi connectivity index (χ1n) is 4.10. The van der Waals surface area contributed by atoms with Crippen molar-refractivity contribution in [1.29, 1.82) is 0 Å². The van der Waals surface area contributed by atoms with E-state index in [0.29, 0.717) is 5.92 Å². The predicted molar refractivity (Wildman–Crippen MR) is 47.4 cm³/mol. The molecule has 1 unspecified atom stereocenters. The molecule has 11 heavy (non-hydrogen) atoms. The zero-order valence-electron chi connectivity index (χ0n) is 7.52. The van der Waals surface area contributed by atoms with Gasteiger partial charge in [-0.3, -0.25) is 0 Å². The van der Waals surface area contributed by atoms with Gasteiger partial charge in [0.25, 0.3) is 0 Å². The van der Waals surface area contributed by atoms with Crippen molar-refractivity contribution in [1.82, 2.24) is 4.90 Å². The molecule has 1 rings (SSSR count). The lowest BCUT2D eigenvalue weighted by Crippen LogP contribution is -2.08. The third-order valence-electron chi connectivity index (χ3n) is 2.24. The Morgan fingerprint density at radius 3 is 2.27 bits per heavy atom. The van der Waals surface area contributed by atoms with E-state index in [4.69, 9.17) is 0 Å². The van der Waals surface area contributed by atoms with Gasteiger partial charge >= 0.3 is 0 Å². The molecule has 0 radical (unpaired) electrons. The zero-order chi connectivity index (χ0) is 8.43. The van der Waals surface area contributed by atoms with Gasteiger partial charge in [0.1, 0.15) is 0 Å². The van der Waals surface area contributed by atoms with Crippen LogP contribution in [0.5, 0.6) is 0 Å². The summed E-state index contributed by atoms with van der Waals surface area (Å²) < 4.78 is 0. The molecule has 1 aliphatic rings. The highest BCUT2D eigenvalue weighted by atomic mass is 15.2. The first-order chi connectivity index (χ1) is 5.11. The third-order valence-corrected chi connectivity index (χ3v) is 2.24. The quantitative estimate of drug-likeness (QED) is 0.555. The highest BCUT2D eigenvalue weighted by Gasteiger charge is 2.15. The van der Waals surface area contributed by atoms with Crippen LogP contribution in [0.3, 0.4) is 0 Å². The van der Waals surface area contributed by atoms with Crippen LogP contribution < -0.4 is 0 Å².